The lowest BCUT2D eigenvalue weighted by atomic mass is 10.2. The zero-order chi connectivity index (χ0) is 15.9. The number of rotatable bonds is 7. The van der Waals surface area contributed by atoms with Crippen molar-refractivity contribution < 1.29 is 13.9 Å². The average molecular weight is 339 g/mol. The number of nitrogens with one attached hydrogen (secondary N) is 1. The summed E-state index contributed by atoms with van der Waals surface area (Å²) in [5, 5.41) is 3.02. The van der Waals surface area contributed by atoms with E-state index in [1.165, 1.54) is 12.1 Å². The highest BCUT2D eigenvalue weighted by Gasteiger charge is 2.07. The van der Waals surface area contributed by atoms with Gasteiger partial charge in [-0.15, -0.1) is 12.4 Å². The van der Waals surface area contributed by atoms with Crippen molar-refractivity contribution in [3.05, 3.63) is 65.5 Å². The Kier molecular flexibility index (Phi) is 7.51. The molecule has 0 saturated heterocycles. The van der Waals surface area contributed by atoms with Crippen molar-refractivity contribution in [3.63, 3.8) is 0 Å². The lowest BCUT2D eigenvalue weighted by Gasteiger charge is -2.11. The molecule has 0 bridgehead atoms. The number of ether oxygens (including phenoxy) is 1. The zero-order valence-electron chi connectivity index (χ0n) is 12.8. The molecule has 0 fully saturated rings. The molecule has 0 aliphatic rings. The van der Waals surface area contributed by atoms with Gasteiger partial charge in [0.1, 0.15) is 18.2 Å². The molecule has 0 aromatic heterocycles. The molecule has 23 heavy (non-hydrogen) atoms. The van der Waals surface area contributed by atoms with Gasteiger partial charge in [-0.25, -0.2) is 4.39 Å². The Bertz CT molecular complexity index is 635. The summed E-state index contributed by atoms with van der Waals surface area (Å²) in [7, 11) is 0. The first-order valence-corrected chi connectivity index (χ1v) is 7.03. The first-order valence-electron chi connectivity index (χ1n) is 7.03. The minimum atomic E-state index is -0.380. The summed E-state index contributed by atoms with van der Waals surface area (Å²) in [5.74, 6) is 0.0529. The second-order valence-corrected chi connectivity index (χ2v) is 5.07. The van der Waals surface area contributed by atoms with E-state index in [9.17, 15) is 9.18 Å². The highest BCUT2D eigenvalue weighted by molar-refractivity contribution is 5.85. The Hall–Kier alpha value is -2.11. The van der Waals surface area contributed by atoms with Crippen molar-refractivity contribution in [3.8, 4) is 5.75 Å². The Labute approximate surface area is 141 Å². The maximum Gasteiger partial charge on any atom is 0.234 e. The van der Waals surface area contributed by atoms with Crippen LogP contribution in [0.1, 0.15) is 18.1 Å². The molecule has 4 nitrogen and oxygen atoms in total. The minimum Gasteiger partial charge on any atom is -0.489 e. The molecule has 0 spiro atoms. The van der Waals surface area contributed by atoms with Crippen molar-refractivity contribution in [2.45, 2.75) is 26.1 Å². The van der Waals surface area contributed by atoms with Gasteiger partial charge in [0.2, 0.25) is 5.91 Å². The van der Waals surface area contributed by atoms with Gasteiger partial charge < -0.3 is 15.8 Å². The fourth-order valence-corrected chi connectivity index (χ4v) is 1.87. The number of hydrogen-bond acceptors (Lipinski definition) is 3. The summed E-state index contributed by atoms with van der Waals surface area (Å²) in [6.07, 6.45) is 0. The highest BCUT2D eigenvalue weighted by atomic mass is 35.5. The number of carbonyl (C=O) groups excluding carboxylic acids is 1. The molecule has 2 aromatic carbocycles. The largest absolute Gasteiger partial charge is 0.489 e. The number of nitrogens with two attached hydrogens (primary N) is 1. The third-order valence-electron chi connectivity index (χ3n) is 3.26. The predicted octanol–water partition coefficient (Wildman–Crippen LogP) is 2.79. The van der Waals surface area contributed by atoms with Crippen LogP contribution >= 0.6 is 12.4 Å². The Balaban J connectivity index is 0.00000264. The van der Waals surface area contributed by atoms with Crippen LogP contribution in [-0.4, -0.2) is 11.9 Å². The van der Waals surface area contributed by atoms with Gasteiger partial charge in [0.25, 0.3) is 0 Å². The number of amides is 1. The third kappa shape index (κ3) is 6.26. The number of benzene rings is 2. The molecule has 0 aliphatic carbocycles. The van der Waals surface area contributed by atoms with Crippen LogP contribution in [0.3, 0.4) is 0 Å². The lowest BCUT2D eigenvalue weighted by Crippen LogP contribution is -2.38. The van der Waals surface area contributed by atoms with Crippen LogP contribution in [-0.2, 0) is 17.9 Å². The van der Waals surface area contributed by atoms with E-state index in [0.29, 0.717) is 18.9 Å². The number of carbonyl (C=O) groups is 1. The maximum atomic E-state index is 13.1. The quantitative estimate of drug-likeness (QED) is 0.816. The SMILES string of the molecule is C[C@@H](NCc1ccc(OCc2cccc(F)c2)cc1)C(N)=O.Cl. The first-order chi connectivity index (χ1) is 10.5. The molecule has 6 heteroatoms. The van der Waals surface area contributed by atoms with Gasteiger partial charge in [-0.3, -0.25) is 4.79 Å². The fraction of sp³-hybridized carbons (Fsp3) is 0.235. The molecular formula is C17H20ClFN2O2. The molecule has 2 aromatic rings. The topological polar surface area (TPSA) is 64.3 Å². The van der Waals surface area contributed by atoms with E-state index in [1.807, 2.05) is 30.3 Å². The van der Waals surface area contributed by atoms with Crippen LogP contribution in [0, 0.1) is 5.82 Å². The highest BCUT2D eigenvalue weighted by Crippen LogP contribution is 2.14. The van der Waals surface area contributed by atoms with Crippen molar-refractivity contribution >= 4 is 18.3 Å². The van der Waals surface area contributed by atoms with Crippen molar-refractivity contribution in [2.24, 2.45) is 5.73 Å². The van der Waals surface area contributed by atoms with Crippen LogP contribution < -0.4 is 15.8 Å². The van der Waals surface area contributed by atoms with Gasteiger partial charge in [0.05, 0.1) is 6.04 Å². The van der Waals surface area contributed by atoms with Gasteiger partial charge in [-0.2, -0.15) is 0 Å². The Morgan fingerprint density at radius 3 is 2.52 bits per heavy atom. The van der Waals surface area contributed by atoms with E-state index in [-0.39, 0.29) is 30.2 Å². The van der Waals surface area contributed by atoms with Gasteiger partial charge in [0.15, 0.2) is 0 Å². The zero-order valence-corrected chi connectivity index (χ0v) is 13.6. The van der Waals surface area contributed by atoms with Crippen molar-refractivity contribution in [2.75, 3.05) is 0 Å². The van der Waals surface area contributed by atoms with E-state index in [1.54, 1.807) is 13.0 Å². The van der Waals surface area contributed by atoms with Crippen LogP contribution in [0.25, 0.3) is 0 Å². The summed E-state index contributed by atoms with van der Waals surface area (Å²) >= 11 is 0. The monoisotopic (exact) mass is 338 g/mol. The first kappa shape index (κ1) is 18.9. The van der Waals surface area contributed by atoms with Crippen LogP contribution in [0.4, 0.5) is 4.39 Å². The molecule has 2 rings (SSSR count). The average Bonchev–Trinajstić information content (AvgIpc) is 2.51. The van der Waals surface area contributed by atoms with Crippen molar-refractivity contribution in [1.29, 1.82) is 0 Å². The maximum absolute atomic E-state index is 13.1. The van der Waals surface area contributed by atoms with Crippen LogP contribution in [0.15, 0.2) is 48.5 Å². The molecule has 0 aliphatic heterocycles. The summed E-state index contributed by atoms with van der Waals surface area (Å²) in [6, 6.07) is 13.4. The van der Waals surface area contributed by atoms with Crippen LogP contribution in [0.5, 0.6) is 5.75 Å². The number of halogens is 2. The lowest BCUT2D eigenvalue weighted by molar-refractivity contribution is -0.119. The molecule has 0 heterocycles. The molecule has 1 atom stereocenters. The fourth-order valence-electron chi connectivity index (χ4n) is 1.87. The van der Waals surface area contributed by atoms with Gasteiger partial charge in [-0.1, -0.05) is 24.3 Å². The van der Waals surface area contributed by atoms with Crippen LogP contribution in [0.2, 0.25) is 0 Å². The molecule has 0 radical (unpaired) electrons. The second kappa shape index (κ2) is 9.12. The van der Waals surface area contributed by atoms with E-state index >= 15 is 0 Å². The number of primary amides is 1. The molecule has 3 N–H and O–H groups in total. The minimum absolute atomic E-state index is 0. The van der Waals surface area contributed by atoms with E-state index in [0.717, 1.165) is 11.1 Å². The van der Waals surface area contributed by atoms with Gasteiger partial charge >= 0.3 is 0 Å². The normalized spacial score (nSPS) is 11.4. The summed E-state index contributed by atoms with van der Waals surface area (Å²) < 4.78 is 18.7. The molecule has 1 amide bonds. The standard InChI is InChI=1S/C17H19FN2O2.ClH/c1-12(17(19)21)20-10-13-5-7-16(8-6-13)22-11-14-3-2-4-15(18)9-14;/h2-9,12,20H,10-11H2,1H3,(H2,19,21);1H/t12-;/m1./s1. The number of hydrogen-bond donors (Lipinski definition) is 2. The summed E-state index contributed by atoms with van der Waals surface area (Å²) in [5.41, 5.74) is 6.98. The van der Waals surface area contributed by atoms with E-state index in [2.05, 4.69) is 5.32 Å². The molecule has 124 valence electrons. The molecular weight excluding hydrogens is 319 g/mol. The van der Waals surface area contributed by atoms with Crippen molar-refractivity contribution in [1.82, 2.24) is 5.32 Å². The molecule has 0 saturated carbocycles. The van der Waals surface area contributed by atoms with E-state index in [4.69, 9.17) is 10.5 Å². The second-order valence-electron chi connectivity index (χ2n) is 5.07. The third-order valence-corrected chi connectivity index (χ3v) is 3.26. The Morgan fingerprint density at radius 2 is 1.91 bits per heavy atom. The molecule has 0 unspecified atom stereocenters. The van der Waals surface area contributed by atoms with E-state index < -0.39 is 0 Å². The van der Waals surface area contributed by atoms with Gasteiger partial charge in [-0.05, 0) is 42.3 Å². The van der Waals surface area contributed by atoms with Gasteiger partial charge in [0, 0.05) is 6.54 Å². The predicted molar refractivity (Wildman–Crippen MR) is 89.9 cm³/mol. The summed E-state index contributed by atoms with van der Waals surface area (Å²) in [6.45, 7) is 2.58. The summed E-state index contributed by atoms with van der Waals surface area (Å²) in [4.78, 5) is 10.9. The Morgan fingerprint density at radius 1 is 1.22 bits per heavy atom. The smallest absolute Gasteiger partial charge is 0.234 e.